The highest BCUT2D eigenvalue weighted by Crippen LogP contribution is 2.49. The number of benzene rings is 1. The molecule has 2 aliphatic rings. The Morgan fingerprint density at radius 3 is 2.47 bits per heavy atom. The van der Waals surface area contributed by atoms with Crippen LogP contribution in [0.15, 0.2) is 27.6 Å². The van der Waals surface area contributed by atoms with Crippen LogP contribution in [0.4, 0.5) is 0 Å². The number of fused-ring (bicyclic) bond motifs is 1. The Labute approximate surface area is 108 Å². The Bertz CT molecular complexity index is 613. The third kappa shape index (κ3) is 1.27. The van der Waals surface area contributed by atoms with Gasteiger partial charge in [-0.1, -0.05) is 28.8 Å². The number of halogens is 1. The van der Waals surface area contributed by atoms with Gasteiger partial charge in [-0.05, 0) is 31.0 Å². The van der Waals surface area contributed by atoms with E-state index in [1.54, 1.807) is 18.2 Å². The monoisotopic (exact) mass is 314 g/mol. The summed E-state index contributed by atoms with van der Waals surface area (Å²) in [4.78, 5) is 12.6. The molecule has 0 bridgehead atoms. The van der Waals surface area contributed by atoms with Gasteiger partial charge in [0.15, 0.2) is 15.6 Å². The summed E-state index contributed by atoms with van der Waals surface area (Å²) in [5, 5.41) is 0. The van der Waals surface area contributed by atoms with Crippen LogP contribution in [-0.2, 0) is 9.84 Å². The van der Waals surface area contributed by atoms with Gasteiger partial charge in [-0.25, -0.2) is 8.42 Å². The molecule has 3 nitrogen and oxygen atoms in total. The molecule has 1 heterocycles. The van der Waals surface area contributed by atoms with E-state index >= 15 is 0 Å². The number of rotatable bonds is 0. The predicted octanol–water partition coefficient (Wildman–Crippen LogP) is 2.73. The number of Topliss-reactive ketones (excluding diaryl/α,β-unsaturated/α-hetero) is 1. The molecule has 17 heavy (non-hydrogen) atoms. The van der Waals surface area contributed by atoms with Crippen molar-refractivity contribution in [2.24, 2.45) is 0 Å². The van der Waals surface area contributed by atoms with Crippen molar-refractivity contribution >= 4 is 31.6 Å². The molecule has 1 spiro atoms. The van der Waals surface area contributed by atoms with Crippen molar-refractivity contribution in [2.45, 2.75) is 35.3 Å². The molecular formula is C12H11BrO3S. The SMILES string of the molecule is O=C1c2cc(Br)ccc2S(=O)(=O)C12CCCC2. The van der Waals surface area contributed by atoms with Crippen molar-refractivity contribution < 1.29 is 13.2 Å². The lowest BCUT2D eigenvalue weighted by molar-refractivity contribution is 0.0945. The van der Waals surface area contributed by atoms with Crippen molar-refractivity contribution in [1.29, 1.82) is 0 Å². The first-order chi connectivity index (χ1) is 7.99. The topological polar surface area (TPSA) is 51.2 Å². The fourth-order valence-corrected chi connectivity index (χ4v) is 5.58. The van der Waals surface area contributed by atoms with E-state index in [2.05, 4.69) is 15.9 Å². The highest BCUT2D eigenvalue weighted by molar-refractivity contribution is 9.10. The average molecular weight is 315 g/mol. The van der Waals surface area contributed by atoms with E-state index in [1.807, 2.05) is 0 Å². The van der Waals surface area contributed by atoms with Crippen LogP contribution in [0.2, 0.25) is 0 Å². The summed E-state index contributed by atoms with van der Waals surface area (Å²) in [6, 6.07) is 4.85. The number of carbonyl (C=O) groups is 1. The van der Waals surface area contributed by atoms with E-state index < -0.39 is 14.6 Å². The van der Waals surface area contributed by atoms with Crippen LogP contribution in [-0.4, -0.2) is 18.9 Å². The molecule has 1 aromatic rings. The molecule has 1 aromatic carbocycles. The van der Waals surface area contributed by atoms with Crippen molar-refractivity contribution in [2.75, 3.05) is 0 Å². The largest absolute Gasteiger partial charge is 0.292 e. The lowest BCUT2D eigenvalue weighted by Crippen LogP contribution is -2.38. The third-order valence-corrected chi connectivity index (χ3v) is 6.87. The Hall–Kier alpha value is -0.680. The standard InChI is InChI=1S/C12H11BrO3S/c13-8-3-4-10-9(7-8)11(14)12(17(10,15)16)5-1-2-6-12/h3-4,7H,1-2,5-6H2. The Morgan fingerprint density at radius 2 is 1.82 bits per heavy atom. The van der Waals surface area contributed by atoms with E-state index in [0.29, 0.717) is 18.4 Å². The molecule has 0 saturated heterocycles. The maximum Gasteiger partial charge on any atom is 0.192 e. The van der Waals surface area contributed by atoms with Gasteiger partial charge in [-0.15, -0.1) is 0 Å². The van der Waals surface area contributed by atoms with Crippen molar-refractivity contribution in [3.8, 4) is 0 Å². The molecule has 0 unspecified atom stereocenters. The Kier molecular flexibility index (Phi) is 2.29. The van der Waals surface area contributed by atoms with Crippen LogP contribution in [0.25, 0.3) is 0 Å². The van der Waals surface area contributed by atoms with Gasteiger partial charge in [0.05, 0.1) is 4.90 Å². The smallest absolute Gasteiger partial charge is 0.192 e. The Balaban J connectivity index is 2.32. The second-order valence-corrected chi connectivity index (χ2v) is 7.82. The molecule has 3 rings (SSSR count). The number of ketones is 1. The zero-order chi connectivity index (χ0) is 12.3. The first kappa shape index (κ1) is 11.4. The zero-order valence-corrected chi connectivity index (χ0v) is 11.5. The number of carbonyl (C=O) groups excluding carboxylic acids is 1. The highest BCUT2D eigenvalue weighted by atomic mass is 79.9. The normalized spacial score (nSPS) is 24.2. The molecule has 1 aliphatic carbocycles. The van der Waals surface area contributed by atoms with Crippen LogP contribution in [0, 0.1) is 0 Å². The fourth-order valence-electron chi connectivity index (χ4n) is 2.93. The van der Waals surface area contributed by atoms with Crippen LogP contribution in [0.1, 0.15) is 36.0 Å². The summed E-state index contributed by atoms with van der Waals surface area (Å²) in [7, 11) is -3.48. The number of hydrogen-bond donors (Lipinski definition) is 0. The first-order valence-electron chi connectivity index (χ1n) is 5.58. The molecule has 0 amide bonds. The third-order valence-electron chi connectivity index (χ3n) is 3.82. The fraction of sp³-hybridized carbons (Fsp3) is 0.417. The van der Waals surface area contributed by atoms with E-state index in [9.17, 15) is 13.2 Å². The number of sulfone groups is 1. The summed E-state index contributed by atoms with van der Waals surface area (Å²) in [5.74, 6) is -0.202. The summed E-state index contributed by atoms with van der Waals surface area (Å²) >= 11 is 3.28. The lowest BCUT2D eigenvalue weighted by Gasteiger charge is -2.19. The maximum absolute atomic E-state index is 12.5. The predicted molar refractivity (Wildman–Crippen MR) is 66.9 cm³/mol. The quantitative estimate of drug-likeness (QED) is 0.740. The summed E-state index contributed by atoms with van der Waals surface area (Å²) in [6.07, 6.45) is 2.58. The average Bonchev–Trinajstić information content (AvgIpc) is 2.82. The van der Waals surface area contributed by atoms with E-state index in [4.69, 9.17) is 0 Å². The Morgan fingerprint density at radius 1 is 1.18 bits per heavy atom. The van der Waals surface area contributed by atoms with Crippen LogP contribution in [0.5, 0.6) is 0 Å². The van der Waals surface area contributed by atoms with Gasteiger partial charge in [-0.3, -0.25) is 4.79 Å². The van der Waals surface area contributed by atoms with Gasteiger partial charge in [0.1, 0.15) is 4.75 Å². The lowest BCUT2D eigenvalue weighted by atomic mass is 9.96. The molecule has 1 saturated carbocycles. The summed E-state index contributed by atoms with van der Waals surface area (Å²) in [6.45, 7) is 0. The van der Waals surface area contributed by atoms with E-state index in [1.165, 1.54) is 0 Å². The second-order valence-electron chi connectivity index (χ2n) is 4.67. The minimum absolute atomic E-state index is 0.202. The maximum atomic E-state index is 12.5. The van der Waals surface area contributed by atoms with E-state index in [-0.39, 0.29) is 10.7 Å². The minimum atomic E-state index is -3.48. The van der Waals surface area contributed by atoms with Crippen LogP contribution < -0.4 is 0 Å². The van der Waals surface area contributed by atoms with Crippen LogP contribution >= 0.6 is 15.9 Å². The van der Waals surface area contributed by atoms with Gasteiger partial charge in [0, 0.05) is 10.0 Å². The van der Waals surface area contributed by atoms with Gasteiger partial charge in [-0.2, -0.15) is 0 Å². The molecule has 0 aromatic heterocycles. The number of hydrogen-bond acceptors (Lipinski definition) is 3. The molecule has 0 radical (unpaired) electrons. The molecule has 90 valence electrons. The van der Waals surface area contributed by atoms with Crippen molar-refractivity contribution in [3.63, 3.8) is 0 Å². The molecule has 0 atom stereocenters. The summed E-state index contributed by atoms with van der Waals surface area (Å²) in [5.41, 5.74) is 0.362. The molecular weight excluding hydrogens is 304 g/mol. The highest BCUT2D eigenvalue weighted by Gasteiger charge is 2.58. The van der Waals surface area contributed by atoms with Gasteiger partial charge < -0.3 is 0 Å². The summed E-state index contributed by atoms with van der Waals surface area (Å²) < 4.78 is 24.6. The molecule has 0 N–H and O–H groups in total. The zero-order valence-electron chi connectivity index (χ0n) is 9.07. The minimum Gasteiger partial charge on any atom is -0.292 e. The van der Waals surface area contributed by atoms with Crippen molar-refractivity contribution in [3.05, 3.63) is 28.2 Å². The van der Waals surface area contributed by atoms with Gasteiger partial charge in [0.2, 0.25) is 0 Å². The first-order valence-corrected chi connectivity index (χ1v) is 7.86. The molecule has 1 fully saturated rings. The van der Waals surface area contributed by atoms with Crippen molar-refractivity contribution in [1.82, 2.24) is 0 Å². The van der Waals surface area contributed by atoms with E-state index in [0.717, 1.165) is 17.3 Å². The van der Waals surface area contributed by atoms with Crippen LogP contribution in [0.3, 0.4) is 0 Å². The molecule has 1 aliphatic heterocycles. The second kappa shape index (κ2) is 3.42. The van der Waals surface area contributed by atoms with Gasteiger partial charge >= 0.3 is 0 Å². The van der Waals surface area contributed by atoms with Gasteiger partial charge in [0.25, 0.3) is 0 Å². The molecule has 5 heteroatoms.